The van der Waals surface area contributed by atoms with Crippen LogP contribution in [0.2, 0.25) is 0 Å². The number of carbonyl (C=O) groups excluding carboxylic acids is 1. The van der Waals surface area contributed by atoms with Gasteiger partial charge >= 0.3 is 0 Å². The van der Waals surface area contributed by atoms with E-state index in [2.05, 4.69) is 9.97 Å². The van der Waals surface area contributed by atoms with Crippen LogP contribution in [0.4, 0.5) is 5.69 Å². The number of nitrogens with one attached hydrogen (secondary N) is 1. The summed E-state index contributed by atoms with van der Waals surface area (Å²) in [6, 6.07) is 12.5. The lowest BCUT2D eigenvalue weighted by Crippen LogP contribution is -2.35. The molecule has 3 aromatic rings. The number of likely N-dealkylation sites (N-methyl/N-ethyl adjacent to an activating group) is 1. The normalized spacial score (nSPS) is 10.6. The van der Waals surface area contributed by atoms with Crippen molar-refractivity contribution < 1.29 is 14.5 Å². The Balaban J connectivity index is 1.66. The minimum Gasteiger partial charge on any atom is -0.484 e. The Morgan fingerprint density at radius 3 is 2.61 bits per heavy atom. The van der Waals surface area contributed by atoms with E-state index in [9.17, 15) is 19.7 Å². The molecule has 0 spiro atoms. The number of nitro groups is 1. The first-order valence-electron chi connectivity index (χ1n) is 8.61. The number of amides is 1. The van der Waals surface area contributed by atoms with E-state index in [-0.39, 0.29) is 30.3 Å². The van der Waals surface area contributed by atoms with Crippen molar-refractivity contribution in [1.29, 1.82) is 0 Å². The van der Waals surface area contributed by atoms with E-state index >= 15 is 0 Å². The fraction of sp³-hybridized carbons (Fsp3) is 0.211. The summed E-state index contributed by atoms with van der Waals surface area (Å²) in [5.74, 6) is 0.443. The number of ether oxygens (including phenoxy) is 1. The van der Waals surface area contributed by atoms with Crippen molar-refractivity contribution in [2.75, 3.05) is 13.2 Å². The predicted octanol–water partition coefficient (Wildman–Crippen LogP) is 2.26. The predicted molar refractivity (Wildman–Crippen MR) is 102 cm³/mol. The Labute approximate surface area is 159 Å². The first kappa shape index (κ1) is 19.0. The summed E-state index contributed by atoms with van der Waals surface area (Å²) in [6.07, 6.45) is 0. The number of nitrogens with zero attached hydrogens (tertiary/aromatic N) is 3. The van der Waals surface area contributed by atoms with Gasteiger partial charge in [-0.3, -0.25) is 19.7 Å². The molecule has 2 aromatic carbocycles. The van der Waals surface area contributed by atoms with Crippen molar-refractivity contribution in [3.8, 4) is 5.75 Å². The molecule has 144 valence electrons. The zero-order valence-electron chi connectivity index (χ0n) is 15.1. The molecular formula is C19H18N4O5. The van der Waals surface area contributed by atoms with Gasteiger partial charge in [-0.25, -0.2) is 4.98 Å². The minimum atomic E-state index is -0.509. The topological polar surface area (TPSA) is 118 Å². The number of para-hydroxylation sites is 1. The molecule has 1 amide bonds. The van der Waals surface area contributed by atoms with E-state index in [1.807, 2.05) is 6.92 Å². The lowest BCUT2D eigenvalue weighted by atomic mass is 10.2. The largest absolute Gasteiger partial charge is 0.484 e. The molecule has 0 bridgehead atoms. The number of rotatable bonds is 7. The second-order valence-corrected chi connectivity index (χ2v) is 5.98. The minimum absolute atomic E-state index is 0.0554. The number of carbonyl (C=O) groups is 1. The number of hydrogen-bond donors (Lipinski definition) is 1. The van der Waals surface area contributed by atoms with Crippen LogP contribution in [0.15, 0.2) is 53.3 Å². The van der Waals surface area contributed by atoms with Crippen molar-refractivity contribution in [2.45, 2.75) is 13.5 Å². The van der Waals surface area contributed by atoms with Crippen LogP contribution in [0.1, 0.15) is 12.7 Å². The van der Waals surface area contributed by atoms with E-state index in [0.29, 0.717) is 29.0 Å². The van der Waals surface area contributed by atoms with Gasteiger partial charge in [-0.05, 0) is 31.2 Å². The highest BCUT2D eigenvalue weighted by atomic mass is 16.6. The molecule has 3 rings (SSSR count). The molecule has 1 aromatic heterocycles. The molecule has 0 aliphatic rings. The van der Waals surface area contributed by atoms with Crippen LogP contribution in [0, 0.1) is 10.1 Å². The van der Waals surface area contributed by atoms with Crippen LogP contribution in [0.3, 0.4) is 0 Å². The molecular weight excluding hydrogens is 364 g/mol. The van der Waals surface area contributed by atoms with Gasteiger partial charge in [-0.2, -0.15) is 0 Å². The van der Waals surface area contributed by atoms with Crippen LogP contribution in [0.5, 0.6) is 5.75 Å². The molecule has 1 N–H and O–H groups in total. The fourth-order valence-corrected chi connectivity index (χ4v) is 2.67. The van der Waals surface area contributed by atoms with Gasteiger partial charge in [-0.15, -0.1) is 0 Å². The highest BCUT2D eigenvalue weighted by Crippen LogP contribution is 2.17. The Kier molecular flexibility index (Phi) is 5.64. The zero-order valence-corrected chi connectivity index (χ0v) is 15.1. The van der Waals surface area contributed by atoms with Gasteiger partial charge < -0.3 is 14.6 Å². The molecule has 0 saturated carbocycles. The number of non-ortho nitro benzene ring substituents is 1. The maximum atomic E-state index is 12.4. The quantitative estimate of drug-likeness (QED) is 0.495. The van der Waals surface area contributed by atoms with Gasteiger partial charge in [0.25, 0.3) is 17.2 Å². The molecule has 28 heavy (non-hydrogen) atoms. The summed E-state index contributed by atoms with van der Waals surface area (Å²) in [5, 5.41) is 11.1. The van der Waals surface area contributed by atoms with Crippen molar-refractivity contribution in [2.24, 2.45) is 0 Å². The third kappa shape index (κ3) is 4.32. The summed E-state index contributed by atoms with van der Waals surface area (Å²) >= 11 is 0. The third-order valence-corrected chi connectivity index (χ3v) is 4.15. The Morgan fingerprint density at radius 2 is 1.93 bits per heavy atom. The van der Waals surface area contributed by atoms with E-state index in [0.717, 1.165) is 0 Å². The molecule has 9 heteroatoms. The summed E-state index contributed by atoms with van der Waals surface area (Å²) in [7, 11) is 0. The second kappa shape index (κ2) is 8.30. The summed E-state index contributed by atoms with van der Waals surface area (Å²) in [6.45, 7) is 2.12. The van der Waals surface area contributed by atoms with Gasteiger partial charge in [0.2, 0.25) is 0 Å². The van der Waals surface area contributed by atoms with Crippen LogP contribution in [0.25, 0.3) is 10.9 Å². The molecule has 0 radical (unpaired) electrons. The van der Waals surface area contributed by atoms with E-state index in [1.165, 1.54) is 29.2 Å². The molecule has 9 nitrogen and oxygen atoms in total. The lowest BCUT2D eigenvalue weighted by molar-refractivity contribution is -0.384. The Morgan fingerprint density at radius 1 is 1.21 bits per heavy atom. The van der Waals surface area contributed by atoms with E-state index in [4.69, 9.17) is 4.74 Å². The number of nitro benzene ring substituents is 1. The van der Waals surface area contributed by atoms with Crippen LogP contribution >= 0.6 is 0 Å². The van der Waals surface area contributed by atoms with Gasteiger partial charge in [0.15, 0.2) is 6.61 Å². The SMILES string of the molecule is CCN(Cc1nc2ccccc2c(=O)[nH]1)C(=O)COc1ccc([N+](=O)[O-])cc1. The molecule has 0 aliphatic carbocycles. The van der Waals surface area contributed by atoms with Crippen molar-refractivity contribution in [3.63, 3.8) is 0 Å². The standard InChI is InChI=1S/C19H18N4O5/c1-2-22(11-17-20-16-6-4-3-5-15(16)19(25)21-17)18(24)12-28-14-9-7-13(8-10-14)23(26)27/h3-10H,2,11-12H2,1H3,(H,20,21,25). The average molecular weight is 382 g/mol. The van der Waals surface area contributed by atoms with E-state index < -0.39 is 4.92 Å². The summed E-state index contributed by atoms with van der Waals surface area (Å²) < 4.78 is 5.41. The number of hydrogen-bond acceptors (Lipinski definition) is 6. The Hall–Kier alpha value is -3.75. The summed E-state index contributed by atoms with van der Waals surface area (Å²) in [4.78, 5) is 43.3. The monoisotopic (exact) mass is 382 g/mol. The van der Waals surface area contributed by atoms with Crippen LogP contribution in [-0.4, -0.2) is 38.8 Å². The lowest BCUT2D eigenvalue weighted by Gasteiger charge is -2.20. The van der Waals surface area contributed by atoms with Crippen molar-refractivity contribution in [1.82, 2.24) is 14.9 Å². The fourth-order valence-electron chi connectivity index (χ4n) is 2.67. The third-order valence-electron chi connectivity index (χ3n) is 4.15. The highest BCUT2D eigenvalue weighted by molar-refractivity contribution is 5.78. The second-order valence-electron chi connectivity index (χ2n) is 5.98. The number of benzene rings is 2. The first-order chi connectivity index (χ1) is 13.5. The zero-order chi connectivity index (χ0) is 20.1. The molecule has 0 fully saturated rings. The number of aromatic nitrogens is 2. The van der Waals surface area contributed by atoms with E-state index in [1.54, 1.807) is 24.3 Å². The summed E-state index contributed by atoms with van der Waals surface area (Å²) in [5.41, 5.74) is 0.248. The number of fused-ring (bicyclic) bond motifs is 1. The molecule has 1 heterocycles. The maximum absolute atomic E-state index is 12.4. The average Bonchev–Trinajstić information content (AvgIpc) is 2.70. The molecule has 0 saturated heterocycles. The van der Waals surface area contributed by atoms with Gasteiger partial charge in [0, 0.05) is 18.7 Å². The molecule has 0 atom stereocenters. The maximum Gasteiger partial charge on any atom is 0.269 e. The number of aromatic amines is 1. The van der Waals surface area contributed by atoms with Crippen molar-refractivity contribution >= 4 is 22.5 Å². The highest BCUT2D eigenvalue weighted by Gasteiger charge is 2.15. The number of H-pyrrole nitrogens is 1. The van der Waals surface area contributed by atoms with Gasteiger partial charge in [-0.1, -0.05) is 12.1 Å². The van der Waals surface area contributed by atoms with Gasteiger partial charge in [0.1, 0.15) is 11.6 Å². The molecule has 0 aliphatic heterocycles. The Bertz CT molecular complexity index is 1060. The molecule has 0 unspecified atom stereocenters. The van der Waals surface area contributed by atoms with Crippen LogP contribution < -0.4 is 10.3 Å². The first-order valence-corrected chi connectivity index (χ1v) is 8.61. The smallest absolute Gasteiger partial charge is 0.269 e. The van der Waals surface area contributed by atoms with Crippen molar-refractivity contribution in [3.05, 3.63) is 74.8 Å². The van der Waals surface area contributed by atoms with Crippen LogP contribution in [-0.2, 0) is 11.3 Å². The van der Waals surface area contributed by atoms with Gasteiger partial charge in [0.05, 0.1) is 22.4 Å².